The van der Waals surface area contributed by atoms with E-state index in [1.165, 1.54) is 18.3 Å². The van der Waals surface area contributed by atoms with Crippen LogP contribution in [0.4, 0.5) is 13.2 Å². The fraction of sp³-hybridized carbons (Fsp3) is 0.333. The second kappa shape index (κ2) is 5.29. The van der Waals surface area contributed by atoms with Crippen molar-refractivity contribution in [2.24, 2.45) is 0 Å². The van der Waals surface area contributed by atoms with Crippen molar-refractivity contribution < 1.29 is 22.7 Å². The molecule has 0 fully saturated rings. The molecule has 88 valence electrons. The van der Waals surface area contributed by atoms with E-state index in [0.717, 1.165) is 0 Å². The Morgan fingerprint density at radius 1 is 1.44 bits per heavy atom. The van der Waals surface area contributed by atoms with Gasteiger partial charge < -0.3 is 4.74 Å². The molecule has 0 spiro atoms. The zero-order valence-electron chi connectivity index (χ0n) is 7.92. The molecule has 0 aliphatic heterocycles. The van der Waals surface area contributed by atoms with Gasteiger partial charge in [0.2, 0.25) is 5.88 Å². The number of aromatic nitrogens is 1. The highest BCUT2D eigenvalue weighted by molar-refractivity contribution is 9.09. The van der Waals surface area contributed by atoms with Crippen LogP contribution in [-0.2, 0) is 0 Å². The Morgan fingerprint density at radius 3 is 2.56 bits per heavy atom. The number of rotatable bonds is 4. The van der Waals surface area contributed by atoms with E-state index >= 15 is 0 Å². The van der Waals surface area contributed by atoms with Crippen molar-refractivity contribution in [3.8, 4) is 5.88 Å². The van der Waals surface area contributed by atoms with E-state index in [1.807, 2.05) is 0 Å². The molecular weight excluding hydrogens is 291 g/mol. The lowest BCUT2D eigenvalue weighted by Gasteiger charge is -2.08. The Hall–Kier alpha value is -1.11. The number of Topliss-reactive ketones (excluding diaryl/α,β-unsaturated/α-hetero) is 1. The predicted octanol–water partition coefficient (Wildman–Crippen LogP) is 2.60. The number of carbonyl (C=O) groups is 1. The molecule has 0 aromatic carbocycles. The molecule has 7 heteroatoms. The minimum atomic E-state index is -4.40. The van der Waals surface area contributed by atoms with Gasteiger partial charge in [0.1, 0.15) is 0 Å². The van der Waals surface area contributed by atoms with Crippen molar-refractivity contribution in [3.63, 3.8) is 0 Å². The van der Waals surface area contributed by atoms with Gasteiger partial charge in [0.15, 0.2) is 12.4 Å². The van der Waals surface area contributed by atoms with Gasteiger partial charge in [0.25, 0.3) is 0 Å². The van der Waals surface area contributed by atoms with Gasteiger partial charge in [-0.05, 0) is 6.07 Å². The second-order valence-corrected chi connectivity index (χ2v) is 3.41. The van der Waals surface area contributed by atoms with E-state index in [4.69, 9.17) is 0 Å². The summed E-state index contributed by atoms with van der Waals surface area (Å²) >= 11 is 2.97. The zero-order valence-corrected chi connectivity index (χ0v) is 9.51. The van der Waals surface area contributed by atoms with Crippen LogP contribution in [-0.4, -0.2) is 28.9 Å². The third-order valence-electron chi connectivity index (χ3n) is 1.56. The number of ether oxygens (including phenoxy) is 1. The molecule has 1 heterocycles. The number of carbonyl (C=O) groups excluding carboxylic acids is 1. The molecule has 1 aromatic rings. The summed E-state index contributed by atoms with van der Waals surface area (Å²) in [4.78, 5) is 14.7. The summed E-state index contributed by atoms with van der Waals surface area (Å²) in [7, 11) is 0. The second-order valence-electron chi connectivity index (χ2n) is 2.85. The molecule has 16 heavy (non-hydrogen) atoms. The number of halogens is 4. The van der Waals surface area contributed by atoms with Gasteiger partial charge in [-0.1, -0.05) is 15.9 Å². The van der Waals surface area contributed by atoms with E-state index in [0.29, 0.717) is 5.56 Å². The fourth-order valence-electron chi connectivity index (χ4n) is 0.864. The highest BCUT2D eigenvalue weighted by Gasteiger charge is 2.28. The maximum atomic E-state index is 11.8. The smallest absolute Gasteiger partial charge is 0.422 e. The minimum absolute atomic E-state index is 0.136. The zero-order chi connectivity index (χ0) is 12.2. The topological polar surface area (TPSA) is 39.2 Å². The Bertz CT molecular complexity index is 364. The van der Waals surface area contributed by atoms with Gasteiger partial charge in [0, 0.05) is 17.8 Å². The monoisotopic (exact) mass is 297 g/mol. The first kappa shape index (κ1) is 13.0. The molecule has 0 atom stereocenters. The highest BCUT2D eigenvalue weighted by atomic mass is 79.9. The SMILES string of the molecule is O=C(CBr)c1ccc(OCC(F)(F)F)nc1. The van der Waals surface area contributed by atoms with Crippen molar-refractivity contribution in [1.29, 1.82) is 0 Å². The first-order valence-corrected chi connectivity index (χ1v) is 5.29. The number of nitrogens with zero attached hydrogens (tertiary/aromatic N) is 1. The number of ketones is 1. The molecule has 0 bridgehead atoms. The summed E-state index contributed by atoms with van der Waals surface area (Å²) in [5, 5.41) is 0.136. The molecule has 0 saturated carbocycles. The van der Waals surface area contributed by atoms with Crippen LogP contribution in [0, 0.1) is 0 Å². The molecule has 0 amide bonds. The van der Waals surface area contributed by atoms with Gasteiger partial charge in [0.05, 0.1) is 5.33 Å². The first-order chi connectivity index (χ1) is 7.42. The maximum absolute atomic E-state index is 11.8. The van der Waals surface area contributed by atoms with Crippen LogP contribution in [0.25, 0.3) is 0 Å². The molecule has 3 nitrogen and oxygen atoms in total. The molecular formula is C9H7BrF3NO2. The van der Waals surface area contributed by atoms with Gasteiger partial charge >= 0.3 is 6.18 Å². The summed E-state index contributed by atoms with van der Waals surface area (Å²) in [6.07, 6.45) is -3.22. The van der Waals surface area contributed by atoms with E-state index in [1.54, 1.807) is 0 Å². The molecule has 1 rings (SSSR count). The number of pyridine rings is 1. The Kier molecular flexibility index (Phi) is 4.28. The normalized spacial score (nSPS) is 11.2. The van der Waals surface area contributed by atoms with Crippen molar-refractivity contribution in [3.05, 3.63) is 23.9 Å². The van der Waals surface area contributed by atoms with Gasteiger partial charge in [-0.15, -0.1) is 0 Å². The summed E-state index contributed by atoms with van der Waals surface area (Å²) in [6, 6.07) is 2.59. The van der Waals surface area contributed by atoms with Crippen LogP contribution in [0.15, 0.2) is 18.3 Å². The van der Waals surface area contributed by atoms with Crippen LogP contribution in [0.5, 0.6) is 5.88 Å². The third kappa shape index (κ3) is 4.18. The van der Waals surface area contributed by atoms with Crippen molar-refractivity contribution in [2.45, 2.75) is 6.18 Å². The minimum Gasteiger partial charge on any atom is -0.468 e. The summed E-state index contributed by atoms with van der Waals surface area (Å²) in [5.41, 5.74) is 0.316. The quantitative estimate of drug-likeness (QED) is 0.633. The van der Waals surface area contributed by atoms with Crippen LogP contribution >= 0.6 is 15.9 Å². The molecule has 0 aliphatic carbocycles. The van der Waals surface area contributed by atoms with Crippen LogP contribution in [0.3, 0.4) is 0 Å². The molecule has 0 aliphatic rings. The summed E-state index contributed by atoms with van der Waals surface area (Å²) < 4.78 is 39.8. The molecule has 1 aromatic heterocycles. The van der Waals surface area contributed by atoms with Crippen molar-refractivity contribution >= 4 is 21.7 Å². The standard InChI is InChI=1S/C9H7BrF3NO2/c10-3-7(15)6-1-2-8(14-4-6)16-5-9(11,12)13/h1-2,4H,3,5H2. The van der Waals surface area contributed by atoms with Crippen LogP contribution in [0.1, 0.15) is 10.4 Å². The van der Waals surface area contributed by atoms with Gasteiger partial charge in [-0.2, -0.15) is 13.2 Å². The number of alkyl halides is 4. The Balaban J connectivity index is 2.62. The van der Waals surface area contributed by atoms with Gasteiger partial charge in [-0.3, -0.25) is 4.79 Å². The van der Waals surface area contributed by atoms with Gasteiger partial charge in [-0.25, -0.2) is 4.98 Å². The fourth-order valence-corrected chi connectivity index (χ4v) is 1.19. The van der Waals surface area contributed by atoms with Crippen molar-refractivity contribution in [1.82, 2.24) is 4.98 Å². The van der Waals surface area contributed by atoms with E-state index in [2.05, 4.69) is 25.7 Å². The lowest BCUT2D eigenvalue weighted by atomic mass is 10.2. The van der Waals surface area contributed by atoms with E-state index in [-0.39, 0.29) is 17.0 Å². The molecule has 0 radical (unpaired) electrons. The van der Waals surface area contributed by atoms with Crippen LogP contribution < -0.4 is 4.74 Å². The molecule has 0 N–H and O–H groups in total. The number of hydrogen-bond acceptors (Lipinski definition) is 3. The lowest BCUT2D eigenvalue weighted by molar-refractivity contribution is -0.154. The third-order valence-corrected chi connectivity index (χ3v) is 2.07. The average Bonchev–Trinajstić information content (AvgIpc) is 2.25. The Labute approximate surface area is 97.8 Å². The summed E-state index contributed by atoms with van der Waals surface area (Å²) in [6.45, 7) is -1.40. The predicted molar refractivity (Wildman–Crippen MR) is 53.9 cm³/mol. The molecule has 0 saturated heterocycles. The van der Waals surface area contributed by atoms with E-state index < -0.39 is 12.8 Å². The van der Waals surface area contributed by atoms with Crippen molar-refractivity contribution in [2.75, 3.05) is 11.9 Å². The summed E-state index contributed by atoms with van der Waals surface area (Å²) in [5.74, 6) is -0.363. The van der Waals surface area contributed by atoms with Crippen LogP contribution in [0.2, 0.25) is 0 Å². The highest BCUT2D eigenvalue weighted by Crippen LogP contribution is 2.17. The molecule has 0 unspecified atom stereocenters. The number of hydrogen-bond donors (Lipinski definition) is 0. The van der Waals surface area contributed by atoms with E-state index in [9.17, 15) is 18.0 Å². The Morgan fingerprint density at radius 2 is 2.12 bits per heavy atom. The lowest BCUT2D eigenvalue weighted by Crippen LogP contribution is -2.19. The first-order valence-electron chi connectivity index (χ1n) is 4.17. The largest absolute Gasteiger partial charge is 0.468 e. The average molecular weight is 298 g/mol. The maximum Gasteiger partial charge on any atom is 0.422 e.